The lowest BCUT2D eigenvalue weighted by molar-refractivity contribution is -0.144. The summed E-state index contributed by atoms with van der Waals surface area (Å²) in [4.78, 5) is 26.6. The maximum atomic E-state index is 12.6. The highest BCUT2D eigenvalue weighted by Gasteiger charge is 2.37. The van der Waals surface area contributed by atoms with Crippen LogP contribution < -0.4 is 10.2 Å². The van der Waals surface area contributed by atoms with Crippen molar-refractivity contribution in [3.8, 4) is 0 Å². The second-order valence-corrected chi connectivity index (χ2v) is 7.02. The minimum Gasteiger partial charge on any atom is -0.479 e. The largest absolute Gasteiger partial charge is 0.479 e. The fourth-order valence-electron chi connectivity index (χ4n) is 3.27. The molecule has 1 aliphatic heterocycles. The summed E-state index contributed by atoms with van der Waals surface area (Å²) in [7, 11) is 0. The molecule has 1 amide bonds. The molecule has 1 unspecified atom stereocenters. The number of piperidine rings is 1. The first kappa shape index (κ1) is 18.9. The number of carboxylic acid groups (broad SMARTS) is 1. The molecule has 0 aromatic heterocycles. The minimum atomic E-state index is -1.51. The van der Waals surface area contributed by atoms with Crippen LogP contribution in [0.2, 0.25) is 0 Å². The number of rotatable bonds is 5. The summed E-state index contributed by atoms with van der Waals surface area (Å²) in [6.45, 7) is 3.03. The summed E-state index contributed by atoms with van der Waals surface area (Å²) >= 11 is 0. The maximum absolute atomic E-state index is 12.6. The minimum absolute atomic E-state index is 0.238. The summed E-state index contributed by atoms with van der Waals surface area (Å²) in [6, 6.07) is 15.8. The summed E-state index contributed by atoms with van der Waals surface area (Å²) in [5, 5.41) is 21.9. The van der Waals surface area contributed by atoms with Crippen LogP contribution in [0.15, 0.2) is 54.6 Å². The monoisotopic (exact) mass is 368 g/mol. The van der Waals surface area contributed by atoms with Crippen LogP contribution in [0.5, 0.6) is 0 Å². The van der Waals surface area contributed by atoms with Gasteiger partial charge < -0.3 is 20.4 Å². The summed E-state index contributed by atoms with van der Waals surface area (Å²) in [5.41, 5.74) is 0.385. The van der Waals surface area contributed by atoms with E-state index in [2.05, 4.69) is 10.2 Å². The SMILES string of the molecule is CC(NC(=O)c1ccc(N2CCC(O)CC2)cc1)(C(=O)O)c1ccccc1. The first-order valence-corrected chi connectivity index (χ1v) is 9.04. The van der Waals surface area contributed by atoms with Crippen LogP contribution in [0.3, 0.4) is 0 Å². The highest BCUT2D eigenvalue weighted by atomic mass is 16.4. The molecule has 1 aliphatic rings. The standard InChI is InChI=1S/C21H24N2O4/c1-21(20(26)27,16-5-3-2-4-6-16)22-19(25)15-7-9-17(10-8-15)23-13-11-18(24)12-14-23/h2-10,18,24H,11-14H2,1H3,(H,22,25)(H,26,27). The third-order valence-corrected chi connectivity index (χ3v) is 5.10. The molecule has 0 bridgehead atoms. The van der Waals surface area contributed by atoms with Crippen molar-refractivity contribution < 1.29 is 19.8 Å². The lowest BCUT2D eigenvalue weighted by Gasteiger charge is -2.31. The van der Waals surface area contributed by atoms with E-state index < -0.39 is 17.4 Å². The molecule has 27 heavy (non-hydrogen) atoms. The van der Waals surface area contributed by atoms with Gasteiger partial charge in [-0.15, -0.1) is 0 Å². The quantitative estimate of drug-likeness (QED) is 0.754. The number of hydrogen-bond acceptors (Lipinski definition) is 4. The van der Waals surface area contributed by atoms with Crippen LogP contribution in [0.1, 0.15) is 35.7 Å². The van der Waals surface area contributed by atoms with E-state index in [4.69, 9.17) is 0 Å². The second-order valence-electron chi connectivity index (χ2n) is 7.02. The number of aliphatic hydroxyl groups excluding tert-OH is 1. The van der Waals surface area contributed by atoms with Crippen LogP contribution in [-0.2, 0) is 10.3 Å². The zero-order valence-electron chi connectivity index (χ0n) is 15.3. The Bertz CT molecular complexity index is 799. The average molecular weight is 368 g/mol. The Morgan fingerprint density at radius 2 is 1.63 bits per heavy atom. The van der Waals surface area contributed by atoms with Gasteiger partial charge in [-0.3, -0.25) is 4.79 Å². The number of carbonyl (C=O) groups is 2. The molecule has 6 heteroatoms. The zero-order chi connectivity index (χ0) is 19.4. The number of aliphatic carboxylic acids is 1. The Morgan fingerprint density at radius 3 is 2.19 bits per heavy atom. The molecule has 1 fully saturated rings. The van der Waals surface area contributed by atoms with Crippen molar-refractivity contribution in [2.75, 3.05) is 18.0 Å². The van der Waals surface area contributed by atoms with E-state index in [0.29, 0.717) is 11.1 Å². The van der Waals surface area contributed by atoms with Crippen LogP contribution in [0.4, 0.5) is 5.69 Å². The van der Waals surface area contributed by atoms with E-state index in [1.165, 1.54) is 6.92 Å². The van der Waals surface area contributed by atoms with Crippen molar-refractivity contribution in [3.05, 3.63) is 65.7 Å². The third-order valence-electron chi connectivity index (χ3n) is 5.10. The Labute approximate surface area is 158 Å². The molecule has 1 saturated heterocycles. The number of carboxylic acids is 1. The number of nitrogens with zero attached hydrogens (tertiary/aromatic N) is 1. The van der Waals surface area contributed by atoms with E-state index in [1.807, 2.05) is 12.1 Å². The highest BCUT2D eigenvalue weighted by Crippen LogP contribution is 2.23. The molecule has 6 nitrogen and oxygen atoms in total. The van der Waals surface area contributed by atoms with Gasteiger partial charge in [0.1, 0.15) is 0 Å². The van der Waals surface area contributed by atoms with Gasteiger partial charge in [-0.1, -0.05) is 30.3 Å². The maximum Gasteiger partial charge on any atom is 0.333 e. The van der Waals surface area contributed by atoms with Crippen LogP contribution in [0, 0.1) is 0 Å². The van der Waals surface area contributed by atoms with Crippen molar-refractivity contribution >= 4 is 17.6 Å². The van der Waals surface area contributed by atoms with Crippen molar-refractivity contribution in [1.82, 2.24) is 5.32 Å². The molecule has 3 N–H and O–H groups in total. The fraction of sp³-hybridized carbons (Fsp3) is 0.333. The van der Waals surface area contributed by atoms with Gasteiger partial charge in [-0.2, -0.15) is 0 Å². The van der Waals surface area contributed by atoms with Crippen LogP contribution in [0.25, 0.3) is 0 Å². The van der Waals surface area contributed by atoms with E-state index in [-0.39, 0.29) is 6.10 Å². The molecule has 1 heterocycles. The average Bonchev–Trinajstić information content (AvgIpc) is 2.69. The van der Waals surface area contributed by atoms with Gasteiger partial charge in [0.2, 0.25) is 0 Å². The third kappa shape index (κ3) is 4.11. The van der Waals surface area contributed by atoms with Crippen molar-refractivity contribution in [1.29, 1.82) is 0 Å². The first-order valence-electron chi connectivity index (χ1n) is 9.04. The molecule has 0 aliphatic carbocycles. The van der Waals surface area contributed by atoms with Gasteiger partial charge >= 0.3 is 5.97 Å². The highest BCUT2D eigenvalue weighted by molar-refractivity contribution is 5.98. The summed E-state index contributed by atoms with van der Waals surface area (Å²) in [6.07, 6.45) is 1.23. The number of anilines is 1. The van der Waals surface area contributed by atoms with Crippen molar-refractivity contribution in [3.63, 3.8) is 0 Å². The molecule has 1 atom stereocenters. The van der Waals surface area contributed by atoms with Gasteiger partial charge in [0.15, 0.2) is 5.54 Å². The number of hydrogen-bond donors (Lipinski definition) is 3. The molecule has 2 aromatic rings. The Balaban J connectivity index is 1.74. The van der Waals surface area contributed by atoms with E-state index in [9.17, 15) is 19.8 Å². The number of nitrogens with one attached hydrogen (secondary N) is 1. The smallest absolute Gasteiger partial charge is 0.333 e. The van der Waals surface area contributed by atoms with Gasteiger partial charge in [0, 0.05) is 24.3 Å². The lowest BCUT2D eigenvalue weighted by atomic mass is 9.91. The topological polar surface area (TPSA) is 89.9 Å². The number of carbonyl (C=O) groups excluding carboxylic acids is 1. The predicted octanol–water partition coefficient (Wildman–Crippen LogP) is 2.38. The summed E-state index contributed by atoms with van der Waals surface area (Å²) in [5.74, 6) is -1.56. The molecule has 0 spiro atoms. The lowest BCUT2D eigenvalue weighted by Crippen LogP contribution is -2.49. The zero-order valence-corrected chi connectivity index (χ0v) is 15.3. The van der Waals surface area contributed by atoms with E-state index >= 15 is 0 Å². The Hall–Kier alpha value is -2.86. The molecular weight excluding hydrogens is 344 g/mol. The molecule has 142 valence electrons. The Morgan fingerprint density at radius 1 is 1.04 bits per heavy atom. The fourth-order valence-corrected chi connectivity index (χ4v) is 3.27. The van der Waals surface area contributed by atoms with Gasteiger partial charge in [-0.05, 0) is 49.6 Å². The van der Waals surface area contributed by atoms with E-state index in [0.717, 1.165) is 31.6 Å². The number of aliphatic hydroxyl groups is 1. The van der Waals surface area contributed by atoms with E-state index in [1.54, 1.807) is 42.5 Å². The van der Waals surface area contributed by atoms with Gasteiger partial charge in [-0.25, -0.2) is 4.79 Å². The van der Waals surface area contributed by atoms with Crippen molar-refractivity contribution in [2.24, 2.45) is 0 Å². The first-order chi connectivity index (χ1) is 12.9. The number of amides is 1. The second kappa shape index (κ2) is 7.80. The van der Waals surface area contributed by atoms with Crippen molar-refractivity contribution in [2.45, 2.75) is 31.4 Å². The molecule has 2 aromatic carbocycles. The Kier molecular flexibility index (Phi) is 5.46. The molecule has 3 rings (SSSR count). The van der Waals surface area contributed by atoms with Gasteiger partial charge in [0.05, 0.1) is 6.10 Å². The number of benzene rings is 2. The van der Waals surface area contributed by atoms with Crippen LogP contribution in [-0.4, -0.2) is 41.3 Å². The van der Waals surface area contributed by atoms with Gasteiger partial charge in [0.25, 0.3) is 5.91 Å². The molecule has 0 saturated carbocycles. The normalized spacial score (nSPS) is 17.2. The van der Waals surface area contributed by atoms with Crippen LogP contribution >= 0.6 is 0 Å². The summed E-state index contributed by atoms with van der Waals surface area (Å²) < 4.78 is 0. The predicted molar refractivity (Wildman–Crippen MR) is 103 cm³/mol. The molecular formula is C21H24N2O4. The molecule has 0 radical (unpaired) electrons.